The van der Waals surface area contributed by atoms with Crippen molar-refractivity contribution >= 4 is 45.9 Å². The number of aromatic nitrogens is 4. The molecule has 0 atom stereocenters. The van der Waals surface area contributed by atoms with Gasteiger partial charge in [-0.25, -0.2) is 0 Å². The molecule has 0 saturated carbocycles. The number of hydrogen-bond donors (Lipinski definition) is 2. The summed E-state index contributed by atoms with van der Waals surface area (Å²) in [6.45, 7) is 0. The molecule has 3 aromatic heterocycles. The molecule has 2 aliphatic rings. The van der Waals surface area contributed by atoms with E-state index in [-0.39, 0.29) is 189 Å². The molecule has 0 radical (unpaired) electrons. The van der Waals surface area contributed by atoms with Gasteiger partial charge in [0.2, 0.25) is 0 Å². The summed E-state index contributed by atoms with van der Waals surface area (Å²) in [7, 11) is 0. The van der Waals surface area contributed by atoms with Gasteiger partial charge in [0.1, 0.15) is 0 Å². The number of carbonyl (C=O) groups excluding carboxylic acids is 4. The van der Waals surface area contributed by atoms with Crippen molar-refractivity contribution in [2.75, 3.05) is 0 Å². The molecule has 5 heterocycles. The second-order valence-electron chi connectivity index (χ2n) is 9.78. The Labute approximate surface area is 349 Å². The molecule has 0 unspecified atom stereocenters. The van der Waals surface area contributed by atoms with Crippen LogP contribution in [0.5, 0.6) is 0 Å². The predicted molar refractivity (Wildman–Crippen MR) is 139 cm³/mol. The van der Waals surface area contributed by atoms with Crippen LogP contribution in [0, 0.1) is 0 Å². The number of rotatable bonds is 5. The molecule has 1 aromatic carbocycles. The van der Waals surface area contributed by atoms with E-state index >= 15 is 0 Å². The van der Waals surface area contributed by atoms with E-state index < -0.39 is 40.6 Å². The van der Waals surface area contributed by atoms with Crippen molar-refractivity contribution in [1.82, 2.24) is 19.9 Å². The van der Waals surface area contributed by atoms with Gasteiger partial charge in [-0.2, -0.15) is 0 Å². The van der Waals surface area contributed by atoms with Crippen LogP contribution in [-0.2, 0) is 25.7 Å². The molecular weight excluding hydrogens is 636 g/mol. The summed E-state index contributed by atoms with van der Waals surface area (Å²) >= 11 is 0. The summed E-state index contributed by atoms with van der Waals surface area (Å²) < 4.78 is 0. The van der Waals surface area contributed by atoms with Gasteiger partial charge in [0.05, 0.1) is 52.2 Å². The molecule has 16 heteroatoms. The summed E-state index contributed by atoms with van der Waals surface area (Å²) in [4.78, 5) is 63.8. The summed E-state index contributed by atoms with van der Waals surface area (Å²) in [6, 6.07) is 12.7. The van der Waals surface area contributed by atoms with Crippen LogP contribution < -0.4 is 139 Å². The van der Waals surface area contributed by atoms with Crippen molar-refractivity contribution in [1.29, 1.82) is 0 Å². The summed E-state index contributed by atoms with van der Waals surface area (Å²) in [6.07, 6.45) is 0.334. The van der Waals surface area contributed by atoms with Gasteiger partial charge < -0.3 is 49.6 Å². The van der Waals surface area contributed by atoms with E-state index in [2.05, 4.69) is 19.9 Å². The number of carbonyl (C=O) groups is 4. The number of nitrogens with zero attached hydrogens (tertiary/aromatic N) is 2. The summed E-state index contributed by atoms with van der Waals surface area (Å²) in [5.74, 6) is -6.58. The first kappa shape index (κ1) is 40.4. The number of aryl methyl sites for hydroxylation is 4. The fourth-order valence-corrected chi connectivity index (χ4v) is 5.59. The predicted octanol–water partition coefficient (Wildman–Crippen LogP) is -13.0. The second-order valence-corrected chi connectivity index (χ2v) is 9.78. The van der Waals surface area contributed by atoms with E-state index in [4.69, 9.17) is 0 Å². The Morgan fingerprint density at radius 3 is 1.48 bits per heavy atom. The normalized spacial score (nSPS) is 11.6. The van der Waals surface area contributed by atoms with Crippen molar-refractivity contribution < 1.29 is 158 Å². The molecule has 8 bridgehead atoms. The van der Waals surface area contributed by atoms with Crippen LogP contribution in [0.3, 0.4) is 0 Å². The Hall–Kier alpha value is -1.78. The number of benzene rings is 1. The molecule has 6 rings (SSSR count). The van der Waals surface area contributed by atoms with Crippen molar-refractivity contribution in [3.8, 4) is 11.1 Å². The van der Waals surface area contributed by atoms with Crippen LogP contribution in [0.1, 0.15) is 64.2 Å². The first-order chi connectivity index (χ1) is 20.1. The number of carboxylic acids is 4. The quantitative estimate of drug-likeness (QED) is 0.194. The van der Waals surface area contributed by atoms with Gasteiger partial charge in [0, 0.05) is 44.4 Å². The average Bonchev–Trinajstić information content (AvgIpc) is 3.74. The van der Waals surface area contributed by atoms with Crippen LogP contribution in [-0.4, -0.2) is 43.8 Å². The van der Waals surface area contributed by atoms with Crippen molar-refractivity contribution in [3.63, 3.8) is 0 Å². The maximum atomic E-state index is 12.4. The molecule has 2 aliphatic heterocycles. The Kier molecular flexibility index (Phi) is 14.5. The molecule has 4 aromatic rings. The van der Waals surface area contributed by atoms with Crippen molar-refractivity contribution in [3.05, 3.63) is 93.6 Å². The number of nitrogens with one attached hydrogen (secondary N) is 2. The Morgan fingerprint density at radius 1 is 0.543 bits per heavy atom. The van der Waals surface area contributed by atoms with Gasteiger partial charge in [-0.05, 0) is 49.4 Å². The van der Waals surface area contributed by atoms with Crippen LogP contribution in [0.4, 0.5) is 0 Å². The van der Waals surface area contributed by atoms with Crippen molar-refractivity contribution in [2.24, 2.45) is 0 Å². The van der Waals surface area contributed by atoms with Crippen LogP contribution in [0.2, 0.25) is 0 Å². The van der Waals surface area contributed by atoms with E-state index in [1.54, 1.807) is 30.3 Å². The van der Waals surface area contributed by atoms with Crippen LogP contribution >= 0.6 is 0 Å². The molecule has 0 saturated heterocycles. The van der Waals surface area contributed by atoms with E-state index in [0.29, 0.717) is 16.8 Å². The summed E-state index contributed by atoms with van der Waals surface area (Å²) in [5, 5.41) is 49.2. The van der Waals surface area contributed by atoms with E-state index in [1.807, 2.05) is 0 Å². The zero-order valence-electron chi connectivity index (χ0n) is 25.6. The smallest absolute Gasteiger partial charge is 0.545 e. The van der Waals surface area contributed by atoms with Crippen LogP contribution in [0.15, 0.2) is 48.5 Å². The Balaban J connectivity index is 0.00000184. The number of aromatic amines is 2. The van der Waals surface area contributed by atoms with Gasteiger partial charge in [-0.3, -0.25) is 9.97 Å². The zero-order chi connectivity index (χ0) is 29.7. The average molecular weight is 654 g/mol. The molecular formula is C30H18N4Na4O8. The van der Waals surface area contributed by atoms with Gasteiger partial charge in [0.15, 0.2) is 0 Å². The fourth-order valence-electron chi connectivity index (χ4n) is 5.59. The monoisotopic (exact) mass is 654 g/mol. The van der Waals surface area contributed by atoms with Gasteiger partial charge in [-0.1, -0.05) is 30.3 Å². The third kappa shape index (κ3) is 7.59. The maximum Gasteiger partial charge on any atom is 1.00 e. The first-order valence-corrected chi connectivity index (χ1v) is 12.8. The molecule has 0 fully saturated rings. The number of hydrogen-bond acceptors (Lipinski definition) is 10. The summed E-state index contributed by atoms with van der Waals surface area (Å²) in [5.41, 5.74) is -0.463. The standard InChI is InChI=1S/C30H22N4O8.4Na/c35-27(36)14-12-21-22(13-4-2-1-3-5-13)15-6-7-16(31-15)23(28(37)38)17-8-9-18(32-17)24(29(39)40)19-10-11-20(33-19)25(30(41)42)26(14)34-21;;;;/h1-5,8-9,12,32,34H,6-7,10-11H2,(H,35,36)(H,37,38)(H,39,40)(H,41,42);;;;/q;4*+1/p-4. The molecule has 12 nitrogen and oxygen atoms in total. The zero-order valence-corrected chi connectivity index (χ0v) is 33.6. The van der Waals surface area contributed by atoms with Crippen LogP contribution in [0.25, 0.3) is 33.2 Å². The topological polar surface area (TPSA) is 218 Å². The molecule has 0 spiro atoms. The number of carboxylic acid groups (broad SMARTS) is 4. The third-order valence-electron chi connectivity index (χ3n) is 7.35. The molecule has 0 amide bonds. The minimum atomic E-state index is -1.73. The number of aromatic carboxylic acids is 4. The van der Waals surface area contributed by atoms with E-state index in [1.165, 1.54) is 18.2 Å². The fraction of sp³-hybridized carbons (Fsp3) is 0.133. The second kappa shape index (κ2) is 16.6. The van der Waals surface area contributed by atoms with Gasteiger partial charge >= 0.3 is 118 Å². The molecule has 46 heavy (non-hydrogen) atoms. The first-order valence-electron chi connectivity index (χ1n) is 12.8. The Morgan fingerprint density at radius 2 is 1.00 bits per heavy atom. The molecule has 210 valence electrons. The van der Waals surface area contributed by atoms with Gasteiger partial charge in [-0.15, -0.1) is 0 Å². The number of H-pyrrole nitrogens is 2. The van der Waals surface area contributed by atoms with Gasteiger partial charge in [0.25, 0.3) is 0 Å². The van der Waals surface area contributed by atoms with E-state index in [0.717, 1.165) is 0 Å². The minimum Gasteiger partial charge on any atom is -0.545 e. The van der Waals surface area contributed by atoms with Crippen molar-refractivity contribution in [2.45, 2.75) is 25.7 Å². The largest absolute Gasteiger partial charge is 1.00 e. The SMILES string of the molecule is O=C([O-])c1c2nc(c(-c3ccccc3)c3cc(C(=O)[O-])c([nH]3)c(C(=O)[O-])c3nc(c(C(=O)[O-])c4ccc1[nH]4)CC3)CC2.[Na+].[Na+].[Na+].[Na+]. The Bertz CT molecular complexity index is 2030. The number of fused-ring (bicyclic) bond motifs is 8. The molecule has 2 N–H and O–H groups in total. The minimum absolute atomic E-state index is 0. The molecule has 0 aliphatic carbocycles. The van der Waals surface area contributed by atoms with E-state index in [9.17, 15) is 39.6 Å². The maximum absolute atomic E-state index is 12.4. The third-order valence-corrected chi connectivity index (χ3v) is 7.35.